The molecule has 0 saturated carbocycles. The van der Waals surface area contributed by atoms with Gasteiger partial charge in [0, 0.05) is 24.1 Å². The molecule has 0 bridgehead atoms. The molecule has 1 rings (SSSR count). The van der Waals surface area contributed by atoms with Gasteiger partial charge in [0.05, 0.1) is 7.11 Å². The lowest BCUT2D eigenvalue weighted by Crippen LogP contribution is -2.18. The second-order valence-electron chi connectivity index (χ2n) is 3.62. The van der Waals surface area contributed by atoms with Gasteiger partial charge in [0.15, 0.2) is 0 Å². The van der Waals surface area contributed by atoms with E-state index in [9.17, 15) is 9.59 Å². The van der Waals surface area contributed by atoms with Crippen molar-refractivity contribution in [3.05, 3.63) is 23.5 Å². The molecule has 0 atom stereocenters. The van der Waals surface area contributed by atoms with E-state index in [0.29, 0.717) is 6.54 Å². The number of thioether (sulfide) groups is 1. The lowest BCUT2D eigenvalue weighted by atomic mass is 10.2. The van der Waals surface area contributed by atoms with Gasteiger partial charge in [0.25, 0.3) is 3.79 Å². The fourth-order valence-corrected chi connectivity index (χ4v) is 2.15. The van der Waals surface area contributed by atoms with Crippen molar-refractivity contribution in [2.45, 2.75) is 10.3 Å². The number of aryl methyl sites for hydroxylation is 1. The molecule has 0 radical (unpaired) electrons. The smallest absolute Gasteiger partial charge is 0.354 e. The Morgan fingerprint density at radius 3 is 2.53 bits per heavy atom. The number of hydrogen-bond donors (Lipinski definition) is 0. The molecule has 19 heavy (non-hydrogen) atoms. The second-order valence-corrected chi connectivity index (χ2v) is 6.89. The van der Waals surface area contributed by atoms with Crippen LogP contribution in [0.1, 0.15) is 20.8 Å². The summed E-state index contributed by atoms with van der Waals surface area (Å²) in [7, 11) is 1.27. The second kappa shape index (κ2) is 6.88. The maximum atomic E-state index is 11.8. The molecule has 0 fully saturated rings. The van der Waals surface area contributed by atoms with Crippen LogP contribution in [0.2, 0.25) is 0 Å². The van der Waals surface area contributed by atoms with Gasteiger partial charge in [-0.25, -0.2) is 4.79 Å². The molecule has 0 amide bonds. The van der Waals surface area contributed by atoms with Crippen LogP contribution >= 0.6 is 46.6 Å². The summed E-state index contributed by atoms with van der Waals surface area (Å²) in [5.74, 6) is -0.435. The number of hydrogen-bond acceptors (Lipinski definition) is 4. The number of esters is 1. The van der Waals surface area contributed by atoms with E-state index in [1.165, 1.54) is 19.4 Å². The van der Waals surface area contributed by atoms with E-state index in [1.54, 1.807) is 16.3 Å². The third-order valence-electron chi connectivity index (χ3n) is 2.35. The number of aromatic nitrogens is 1. The first-order valence-corrected chi connectivity index (χ1v) is 7.73. The number of alkyl halides is 3. The predicted molar refractivity (Wildman–Crippen MR) is 78.8 cm³/mol. The van der Waals surface area contributed by atoms with E-state index in [-0.39, 0.29) is 11.3 Å². The number of ether oxygens (including phenoxy) is 1. The first-order valence-electron chi connectivity index (χ1n) is 5.20. The van der Waals surface area contributed by atoms with Crippen LogP contribution in [0.5, 0.6) is 0 Å². The van der Waals surface area contributed by atoms with Crippen LogP contribution in [0.15, 0.2) is 12.3 Å². The lowest BCUT2D eigenvalue weighted by molar-refractivity contribution is 0.0588. The van der Waals surface area contributed by atoms with Crippen molar-refractivity contribution in [3.63, 3.8) is 0 Å². The highest BCUT2D eigenvalue weighted by molar-refractivity contribution is 7.98. The minimum Gasteiger partial charge on any atom is -0.464 e. The molecule has 4 nitrogen and oxygen atoms in total. The van der Waals surface area contributed by atoms with Crippen LogP contribution in [0, 0.1) is 0 Å². The summed E-state index contributed by atoms with van der Waals surface area (Å²) < 4.78 is 4.23. The number of carbonyl (C=O) groups is 2. The number of Topliss-reactive ketones (excluding diaryl/α,β-unsaturated/α-hetero) is 1. The Balaban J connectivity index is 3.13. The molecule has 0 aliphatic rings. The molecule has 0 spiro atoms. The Labute approximate surface area is 130 Å². The molecule has 8 heteroatoms. The van der Waals surface area contributed by atoms with Crippen molar-refractivity contribution < 1.29 is 14.3 Å². The fraction of sp³-hybridized carbons (Fsp3) is 0.455. The van der Waals surface area contributed by atoms with Gasteiger partial charge in [-0.15, -0.1) is 0 Å². The lowest BCUT2D eigenvalue weighted by Gasteiger charge is -2.07. The van der Waals surface area contributed by atoms with Gasteiger partial charge < -0.3 is 9.30 Å². The van der Waals surface area contributed by atoms with E-state index in [1.807, 2.05) is 6.26 Å². The SMILES string of the molecule is COC(=O)c1cc(C(=O)C(Cl)(Cl)Cl)cn1CCSC. The van der Waals surface area contributed by atoms with Crippen LogP contribution in [0.4, 0.5) is 0 Å². The zero-order valence-corrected chi connectivity index (χ0v) is 13.4. The average Bonchev–Trinajstić information content (AvgIpc) is 2.77. The van der Waals surface area contributed by atoms with Crippen molar-refractivity contribution in [2.75, 3.05) is 19.1 Å². The molecule has 0 aromatic carbocycles. The molecule has 0 unspecified atom stereocenters. The zero-order valence-electron chi connectivity index (χ0n) is 10.3. The summed E-state index contributed by atoms with van der Waals surface area (Å²) >= 11 is 18.3. The normalized spacial score (nSPS) is 11.4. The van der Waals surface area contributed by atoms with Gasteiger partial charge >= 0.3 is 5.97 Å². The van der Waals surface area contributed by atoms with Gasteiger partial charge in [0.1, 0.15) is 5.69 Å². The number of rotatable bonds is 5. The summed E-state index contributed by atoms with van der Waals surface area (Å²) in [5.41, 5.74) is 0.427. The topological polar surface area (TPSA) is 48.3 Å². The highest BCUT2D eigenvalue weighted by Gasteiger charge is 2.33. The van der Waals surface area contributed by atoms with Crippen molar-refractivity contribution in [1.82, 2.24) is 4.57 Å². The van der Waals surface area contributed by atoms with Crippen LogP contribution in [0.25, 0.3) is 0 Å². The molecule has 0 aliphatic heterocycles. The Bertz CT molecular complexity index is 482. The van der Waals surface area contributed by atoms with Crippen molar-refractivity contribution in [2.24, 2.45) is 0 Å². The van der Waals surface area contributed by atoms with E-state index < -0.39 is 15.5 Å². The first kappa shape index (κ1) is 16.7. The van der Waals surface area contributed by atoms with Crippen molar-refractivity contribution >= 4 is 58.3 Å². The quantitative estimate of drug-likeness (QED) is 0.467. The van der Waals surface area contributed by atoms with E-state index in [0.717, 1.165) is 5.75 Å². The Hall–Kier alpha value is -0.360. The average molecular weight is 345 g/mol. The molecular weight excluding hydrogens is 333 g/mol. The van der Waals surface area contributed by atoms with E-state index >= 15 is 0 Å². The van der Waals surface area contributed by atoms with Crippen molar-refractivity contribution in [1.29, 1.82) is 0 Å². The highest BCUT2D eigenvalue weighted by Crippen LogP contribution is 2.31. The highest BCUT2D eigenvalue weighted by atomic mass is 35.6. The van der Waals surface area contributed by atoms with E-state index in [2.05, 4.69) is 4.74 Å². The molecule has 0 saturated heterocycles. The third kappa shape index (κ3) is 4.31. The molecular formula is C11H12Cl3NO3S. The molecule has 1 aromatic rings. The largest absolute Gasteiger partial charge is 0.464 e. The maximum absolute atomic E-state index is 11.8. The number of nitrogens with zero attached hydrogens (tertiary/aromatic N) is 1. The monoisotopic (exact) mass is 343 g/mol. The number of ketones is 1. The molecule has 1 aromatic heterocycles. The number of carbonyl (C=O) groups excluding carboxylic acids is 2. The van der Waals surface area contributed by atoms with Gasteiger partial charge in [-0.3, -0.25) is 4.79 Å². The van der Waals surface area contributed by atoms with Crippen molar-refractivity contribution in [3.8, 4) is 0 Å². The Morgan fingerprint density at radius 2 is 2.05 bits per heavy atom. The van der Waals surface area contributed by atoms with Crippen LogP contribution < -0.4 is 0 Å². The van der Waals surface area contributed by atoms with Gasteiger partial charge in [-0.1, -0.05) is 34.8 Å². The van der Waals surface area contributed by atoms with Crippen LogP contribution in [-0.4, -0.2) is 39.2 Å². The maximum Gasteiger partial charge on any atom is 0.354 e. The molecule has 0 N–H and O–H groups in total. The number of methoxy groups -OCH3 is 1. The Kier molecular flexibility index (Phi) is 6.05. The van der Waals surface area contributed by atoms with Gasteiger partial charge in [-0.05, 0) is 12.3 Å². The fourth-order valence-electron chi connectivity index (χ4n) is 1.45. The number of halogens is 3. The van der Waals surface area contributed by atoms with Crippen LogP contribution in [-0.2, 0) is 11.3 Å². The van der Waals surface area contributed by atoms with Gasteiger partial charge in [0.2, 0.25) is 5.78 Å². The van der Waals surface area contributed by atoms with Gasteiger partial charge in [-0.2, -0.15) is 11.8 Å². The summed E-state index contributed by atoms with van der Waals surface area (Å²) in [6, 6.07) is 1.37. The first-order chi connectivity index (χ1) is 8.81. The third-order valence-corrected chi connectivity index (χ3v) is 3.45. The summed E-state index contributed by atoms with van der Waals surface area (Å²) in [5, 5.41) is 0. The molecule has 106 valence electrons. The minimum atomic E-state index is -2.04. The summed E-state index contributed by atoms with van der Waals surface area (Å²) in [4.78, 5) is 23.5. The predicted octanol–water partition coefficient (Wildman–Crippen LogP) is 3.19. The standard InChI is InChI=1S/C11H12Cl3NO3S/c1-18-10(17)8-5-7(9(16)11(12,13)14)6-15(8)3-4-19-2/h5-6H,3-4H2,1-2H3. The van der Waals surface area contributed by atoms with Crippen LogP contribution in [0.3, 0.4) is 0 Å². The summed E-state index contributed by atoms with van der Waals surface area (Å²) in [6.07, 6.45) is 3.43. The zero-order chi connectivity index (χ0) is 14.6. The summed E-state index contributed by atoms with van der Waals surface area (Å²) in [6.45, 7) is 0.554. The molecule has 0 aliphatic carbocycles. The van der Waals surface area contributed by atoms with E-state index in [4.69, 9.17) is 34.8 Å². The molecule has 1 heterocycles. The minimum absolute atomic E-state index is 0.168. The Morgan fingerprint density at radius 1 is 1.42 bits per heavy atom.